The van der Waals surface area contributed by atoms with Crippen LogP contribution in [0.1, 0.15) is 18.4 Å². The van der Waals surface area contributed by atoms with E-state index in [1.807, 2.05) is 18.2 Å². The van der Waals surface area contributed by atoms with E-state index in [2.05, 4.69) is 39.5 Å². The van der Waals surface area contributed by atoms with Gasteiger partial charge in [-0.15, -0.1) is 0 Å². The quantitative estimate of drug-likeness (QED) is 0.698. The van der Waals surface area contributed by atoms with Gasteiger partial charge in [0.15, 0.2) is 0 Å². The summed E-state index contributed by atoms with van der Waals surface area (Å²) in [5, 5.41) is 5.79. The first-order valence-corrected chi connectivity index (χ1v) is 10.3. The number of amides is 2. The highest BCUT2D eigenvalue weighted by Crippen LogP contribution is 2.13. The monoisotopic (exact) mass is 412 g/mol. The Morgan fingerprint density at radius 2 is 1.47 bits per heavy atom. The highest BCUT2D eigenvalue weighted by molar-refractivity contribution is 5.92. The number of nitrogens with one attached hydrogen (secondary N) is 2. The summed E-state index contributed by atoms with van der Waals surface area (Å²) >= 11 is 0. The van der Waals surface area contributed by atoms with E-state index in [-0.39, 0.29) is 30.1 Å². The van der Waals surface area contributed by atoms with Crippen molar-refractivity contribution >= 4 is 17.5 Å². The lowest BCUT2D eigenvalue weighted by Crippen LogP contribution is -2.51. The summed E-state index contributed by atoms with van der Waals surface area (Å²) in [6.07, 6.45) is 0. The molecule has 0 aliphatic carbocycles. The molecule has 30 heavy (non-hydrogen) atoms. The molecule has 1 aliphatic heterocycles. The van der Waals surface area contributed by atoms with Crippen molar-refractivity contribution in [1.29, 1.82) is 0 Å². The summed E-state index contributed by atoms with van der Waals surface area (Å²) in [6, 6.07) is 15.9. The molecule has 0 aromatic heterocycles. The number of piperazine rings is 1. The van der Waals surface area contributed by atoms with Gasteiger partial charge in [0.05, 0.1) is 13.1 Å². The molecule has 0 bridgehead atoms. The molecular weight excluding hydrogens is 383 g/mol. The smallest absolute Gasteiger partial charge is 0.238 e. The number of benzene rings is 2. The van der Waals surface area contributed by atoms with E-state index in [0.29, 0.717) is 18.8 Å². The van der Waals surface area contributed by atoms with Gasteiger partial charge in [-0.3, -0.25) is 19.4 Å². The number of hydrogen-bond donors (Lipinski definition) is 2. The SMILES string of the molecule is C[C@@H](CNC(=O)CN1CCN(CC(=O)Nc2ccc(F)cc2)CC1)c1ccccc1. The normalized spacial score (nSPS) is 16.1. The Balaban J connectivity index is 1.33. The fourth-order valence-electron chi connectivity index (χ4n) is 3.47. The van der Waals surface area contributed by atoms with Crippen LogP contribution in [0.3, 0.4) is 0 Å². The average molecular weight is 413 g/mol. The number of halogens is 1. The van der Waals surface area contributed by atoms with Crippen LogP contribution < -0.4 is 10.6 Å². The topological polar surface area (TPSA) is 64.7 Å². The van der Waals surface area contributed by atoms with Crippen LogP contribution in [0.25, 0.3) is 0 Å². The third-order valence-corrected chi connectivity index (χ3v) is 5.30. The fraction of sp³-hybridized carbons (Fsp3) is 0.391. The molecule has 2 aromatic rings. The largest absolute Gasteiger partial charge is 0.354 e. The predicted molar refractivity (Wildman–Crippen MR) is 116 cm³/mol. The van der Waals surface area contributed by atoms with Gasteiger partial charge in [-0.1, -0.05) is 37.3 Å². The van der Waals surface area contributed by atoms with Gasteiger partial charge in [-0.25, -0.2) is 4.39 Å². The summed E-state index contributed by atoms with van der Waals surface area (Å²) < 4.78 is 12.9. The Hall–Kier alpha value is -2.77. The summed E-state index contributed by atoms with van der Waals surface area (Å²) in [5.41, 5.74) is 1.80. The first-order chi connectivity index (χ1) is 14.5. The highest BCUT2D eigenvalue weighted by Gasteiger charge is 2.21. The molecule has 1 fully saturated rings. The average Bonchev–Trinajstić information content (AvgIpc) is 2.75. The molecule has 1 aliphatic rings. The van der Waals surface area contributed by atoms with Crippen LogP contribution >= 0.6 is 0 Å². The maximum Gasteiger partial charge on any atom is 0.238 e. The second-order valence-electron chi connectivity index (χ2n) is 7.72. The van der Waals surface area contributed by atoms with Crippen molar-refractivity contribution in [3.63, 3.8) is 0 Å². The number of nitrogens with zero attached hydrogens (tertiary/aromatic N) is 2. The molecule has 0 unspecified atom stereocenters. The zero-order chi connectivity index (χ0) is 21.3. The number of anilines is 1. The zero-order valence-corrected chi connectivity index (χ0v) is 17.3. The molecular formula is C23H29FN4O2. The Labute approximate surface area is 177 Å². The van der Waals surface area contributed by atoms with Crippen molar-refractivity contribution in [3.8, 4) is 0 Å². The maximum atomic E-state index is 12.9. The van der Waals surface area contributed by atoms with Crippen LogP contribution in [0.5, 0.6) is 0 Å². The molecule has 0 saturated carbocycles. The molecule has 2 N–H and O–H groups in total. The van der Waals surface area contributed by atoms with Gasteiger partial charge < -0.3 is 10.6 Å². The van der Waals surface area contributed by atoms with E-state index in [4.69, 9.17) is 0 Å². The van der Waals surface area contributed by atoms with Crippen LogP contribution in [0.4, 0.5) is 10.1 Å². The van der Waals surface area contributed by atoms with Crippen molar-refractivity contribution in [2.45, 2.75) is 12.8 Å². The fourth-order valence-corrected chi connectivity index (χ4v) is 3.47. The summed E-state index contributed by atoms with van der Waals surface area (Å²) in [5.74, 6) is -0.155. The Morgan fingerprint density at radius 1 is 0.900 bits per heavy atom. The molecule has 2 amide bonds. The third kappa shape index (κ3) is 6.93. The van der Waals surface area contributed by atoms with Crippen LogP contribution in [-0.2, 0) is 9.59 Å². The lowest BCUT2D eigenvalue weighted by atomic mass is 10.0. The zero-order valence-electron chi connectivity index (χ0n) is 17.3. The lowest BCUT2D eigenvalue weighted by molar-refractivity contribution is -0.123. The molecule has 160 valence electrons. The van der Waals surface area contributed by atoms with Crippen LogP contribution in [0.2, 0.25) is 0 Å². The standard InChI is InChI=1S/C23H29FN4O2/c1-18(19-5-3-2-4-6-19)15-25-22(29)16-27-11-13-28(14-12-27)17-23(30)26-21-9-7-20(24)8-10-21/h2-10,18H,11-17H2,1H3,(H,25,29)(H,26,30)/t18-/m0/s1. The van der Waals surface area contributed by atoms with Crippen molar-refractivity contribution in [2.75, 3.05) is 51.1 Å². The van der Waals surface area contributed by atoms with Gasteiger partial charge in [0.2, 0.25) is 11.8 Å². The van der Waals surface area contributed by atoms with Crippen molar-refractivity contribution in [2.24, 2.45) is 0 Å². The minimum absolute atomic E-state index is 0.0280. The van der Waals surface area contributed by atoms with Gasteiger partial charge in [-0.05, 0) is 35.7 Å². The summed E-state index contributed by atoms with van der Waals surface area (Å²) in [4.78, 5) is 28.6. The molecule has 3 rings (SSSR count). The Morgan fingerprint density at radius 3 is 2.07 bits per heavy atom. The van der Waals surface area contributed by atoms with Crippen molar-refractivity contribution in [3.05, 3.63) is 66.0 Å². The number of carbonyl (C=O) groups excluding carboxylic acids is 2. The molecule has 6 nitrogen and oxygen atoms in total. The molecule has 1 atom stereocenters. The molecule has 1 saturated heterocycles. The van der Waals surface area contributed by atoms with Crippen LogP contribution in [0, 0.1) is 5.82 Å². The highest BCUT2D eigenvalue weighted by atomic mass is 19.1. The van der Waals surface area contributed by atoms with Gasteiger partial charge in [-0.2, -0.15) is 0 Å². The van der Waals surface area contributed by atoms with Gasteiger partial charge >= 0.3 is 0 Å². The minimum atomic E-state index is -0.331. The Bertz CT molecular complexity index is 821. The predicted octanol–water partition coefficient (Wildman–Crippen LogP) is 2.30. The van der Waals surface area contributed by atoms with Gasteiger partial charge in [0.1, 0.15) is 5.82 Å². The van der Waals surface area contributed by atoms with E-state index >= 15 is 0 Å². The molecule has 0 radical (unpaired) electrons. The van der Waals surface area contributed by atoms with Gasteiger partial charge in [0, 0.05) is 38.4 Å². The molecule has 1 heterocycles. The number of carbonyl (C=O) groups is 2. The van der Waals surface area contributed by atoms with Gasteiger partial charge in [0.25, 0.3) is 0 Å². The molecule has 2 aromatic carbocycles. The third-order valence-electron chi connectivity index (χ3n) is 5.30. The first kappa shape index (κ1) is 21.9. The van der Waals surface area contributed by atoms with Crippen LogP contribution in [-0.4, -0.2) is 67.4 Å². The van der Waals surface area contributed by atoms with E-state index in [1.54, 1.807) is 12.1 Å². The Kier molecular flexibility index (Phi) is 7.93. The second kappa shape index (κ2) is 10.8. The minimum Gasteiger partial charge on any atom is -0.354 e. The summed E-state index contributed by atoms with van der Waals surface area (Å²) in [6.45, 7) is 6.31. The van der Waals surface area contributed by atoms with E-state index in [9.17, 15) is 14.0 Å². The van der Waals surface area contributed by atoms with E-state index < -0.39 is 0 Å². The van der Waals surface area contributed by atoms with Crippen LogP contribution in [0.15, 0.2) is 54.6 Å². The molecule has 7 heteroatoms. The first-order valence-electron chi connectivity index (χ1n) is 10.3. The van der Waals surface area contributed by atoms with Crippen molar-refractivity contribution in [1.82, 2.24) is 15.1 Å². The van der Waals surface area contributed by atoms with E-state index in [0.717, 1.165) is 26.2 Å². The van der Waals surface area contributed by atoms with Crippen molar-refractivity contribution < 1.29 is 14.0 Å². The lowest BCUT2D eigenvalue weighted by Gasteiger charge is -2.33. The second-order valence-corrected chi connectivity index (χ2v) is 7.72. The molecule has 0 spiro atoms. The number of hydrogen-bond acceptors (Lipinski definition) is 4. The van der Waals surface area contributed by atoms with E-state index in [1.165, 1.54) is 17.7 Å². The summed E-state index contributed by atoms with van der Waals surface area (Å²) in [7, 11) is 0. The maximum absolute atomic E-state index is 12.9. The number of rotatable bonds is 8.